The van der Waals surface area contributed by atoms with Gasteiger partial charge in [0.05, 0.1) is 14.9 Å². The first-order valence-corrected chi connectivity index (χ1v) is 12.1. The van der Waals surface area contributed by atoms with Crippen molar-refractivity contribution >= 4 is 60.3 Å². The summed E-state index contributed by atoms with van der Waals surface area (Å²) >= 11 is 12.7. The van der Waals surface area contributed by atoms with Gasteiger partial charge in [-0.1, -0.05) is 43.1 Å². The molecule has 0 unspecified atom stereocenters. The lowest BCUT2D eigenvalue weighted by Crippen LogP contribution is -2.31. The molecule has 1 heterocycles. The predicted molar refractivity (Wildman–Crippen MR) is 106 cm³/mol. The van der Waals surface area contributed by atoms with Gasteiger partial charge in [0, 0.05) is 13.1 Å². The molecule has 0 saturated carbocycles. The SMILES string of the molecule is CCN(CC)S(=O)(=O)c1cc(NS(=O)(=O)c2cc(Cl)sc2Cl)ccc1C. The Balaban J connectivity index is 2.46. The zero-order valence-corrected chi connectivity index (χ0v) is 18.2. The minimum atomic E-state index is -3.99. The minimum Gasteiger partial charge on any atom is -0.280 e. The summed E-state index contributed by atoms with van der Waals surface area (Å²) in [6.07, 6.45) is 0. The molecule has 2 aromatic rings. The number of hydrogen-bond donors (Lipinski definition) is 1. The molecule has 0 aliphatic heterocycles. The number of nitrogens with zero attached hydrogens (tertiary/aromatic N) is 1. The third-order valence-corrected chi connectivity index (χ3v) is 9.00. The third kappa shape index (κ3) is 4.35. The molecule has 6 nitrogen and oxygen atoms in total. The maximum absolute atomic E-state index is 12.8. The van der Waals surface area contributed by atoms with Gasteiger partial charge in [-0.05, 0) is 30.7 Å². The number of nitrogens with one attached hydrogen (secondary N) is 1. The maximum Gasteiger partial charge on any atom is 0.264 e. The molecule has 0 saturated heterocycles. The molecule has 0 aliphatic carbocycles. The van der Waals surface area contributed by atoms with Crippen LogP contribution < -0.4 is 4.72 Å². The third-order valence-electron chi connectivity index (χ3n) is 3.68. The lowest BCUT2D eigenvalue weighted by atomic mass is 10.2. The van der Waals surface area contributed by atoms with Gasteiger partial charge in [0.15, 0.2) is 0 Å². The first-order chi connectivity index (χ1) is 12.0. The molecule has 26 heavy (non-hydrogen) atoms. The summed E-state index contributed by atoms with van der Waals surface area (Å²) in [5.74, 6) is 0. The van der Waals surface area contributed by atoms with Crippen LogP contribution >= 0.6 is 34.5 Å². The quantitative estimate of drug-likeness (QED) is 0.676. The number of benzene rings is 1. The fourth-order valence-corrected chi connectivity index (χ4v) is 7.27. The summed E-state index contributed by atoms with van der Waals surface area (Å²) in [6, 6.07) is 5.60. The monoisotopic (exact) mass is 456 g/mol. The van der Waals surface area contributed by atoms with Gasteiger partial charge in [-0.25, -0.2) is 16.8 Å². The Bertz CT molecular complexity index is 1010. The van der Waals surface area contributed by atoms with E-state index in [9.17, 15) is 16.8 Å². The summed E-state index contributed by atoms with van der Waals surface area (Å²) in [6.45, 7) is 5.77. The average molecular weight is 457 g/mol. The first kappa shape index (κ1) is 21.5. The van der Waals surface area contributed by atoms with Gasteiger partial charge in [-0.15, -0.1) is 11.3 Å². The Morgan fingerprint density at radius 3 is 2.15 bits per heavy atom. The molecule has 1 aromatic carbocycles. The highest BCUT2D eigenvalue weighted by Crippen LogP contribution is 2.35. The van der Waals surface area contributed by atoms with Crippen molar-refractivity contribution in [1.82, 2.24) is 4.31 Å². The number of rotatable bonds is 7. The van der Waals surface area contributed by atoms with E-state index >= 15 is 0 Å². The van der Waals surface area contributed by atoms with Gasteiger partial charge in [0.2, 0.25) is 10.0 Å². The molecule has 0 spiro atoms. The Hall–Kier alpha value is -0.840. The van der Waals surface area contributed by atoms with E-state index in [2.05, 4.69) is 4.72 Å². The second kappa shape index (κ2) is 8.04. The Morgan fingerprint density at radius 1 is 1.04 bits per heavy atom. The summed E-state index contributed by atoms with van der Waals surface area (Å²) in [4.78, 5) is -0.0984. The predicted octanol–water partition coefficient (Wildman–Crippen LogP) is 4.19. The molecule has 0 amide bonds. The summed E-state index contributed by atoms with van der Waals surface area (Å²) in [5, 5.41) is 0. The zero-order valence-electron chi connectivity index (χ0n) is 14.3. The highest BCUT2D eigenvalue weighted by atomic mass is 35.5. The van der Waals surface area contributed by atoms with E-state index in [0.29, 0.717) is 18.7 Å². The van der Waals surface area contributed by atoms with Gasteiger partial charge < -0.3 is 0 Å². The highest BCUT2D eigenvalue weighted by Gasteiger charge is 2.26. The molecule has 1 N–H and O–H groups in total. The number of aryl methyl sites for hydroxylation is 1. The smallest absolute Gasteiger partial charge is 0.264 e. The van der Waals surface area contributed by atoms with Crippen LogP contribution in [-0.2, 0) is 20.0 Å². The highest BCUT2D eigenvalue weighted by molar-refractivity contribution is 7.93. The van der Waals surface area contributed by atoms with Crippen LogP contribution in [0.2, 0.25) is 8.67 Å². The normalized spacial score (nSPS) is 12.5. The van der Waals surface area contributed by atoms with E-state index in [0.717, 1.165) is 11.3 Å². The number of anilines is 1. The molecule has 0 radical (unpaired) electrons. The number of thiophene rings is 1. The summed E-state index contributed by atoms with van der Waals surface area (Å²) in [5.41, 5.74) is 0.649. The molecule has 0 fully saturated rings. The molecule has 0 bridgehead atoms. The molecule has 0 aliphatic rings. The zero-order chi connectivity index (χ0) is 19.7. The molecular weight excluding hydrogens is 439 g/mol. The standard InChI is InChI=1S/C15H18Cl2N2O4S3/c1-4-19(5-2)26(22,23)12-8-11(7-6-10(12)3)18-25(20,21)13-9-14(16)24-15(13)17/h6-9,18H,4-5H2,1-3H3. The molecular formula is C15H18Cl2N2O4S3. The van der Waals surface area contributed by atoms with Gasteiger partial charge in [0.25, 0.3) is 10.0 Å². The fourth-order valence-electron chi connectivity index (χ4n) is 2.36. The minimum absolute atomic E-state index is 0.0330. The summed E-state index contributed by atoms with van der Waals surface area (Å²) < 4.78 is 54.5. The average Bonchev–Trinajstić information content (AvgIpc) is 2.89. The Kier molecular flexibility index (Phi) is 6.63. The van der Waals surface area contributed by atoms with Gasteiger partial charge >= 0.3 is 0 Å². The van der Waals surface area contributed by atoms with E-state index in [1.165, 1.54) is 22.5 Å². The summed E-state index contributed by atoms with van der Waals surface area (Å²) in [7, 11) is -7.72. The second-order valence-corrected chi connectivity index (χ2v) is 11.2. The van der Waals surface area contributed by atoms with Crippen molar-refractivity contribution in [2.75, 3.05) is 17.8 Å². The fraction of sp³-hybridized carbons (Fsp3) is 0.333. The Morgan fingerprint density at radius 2 is 1.65 bits per heavy atom. The van der Waals surface area contributed by atoms with Crippen LogP contribution in [0.1, 0.15) is 19.4 Å². The van der Waals surface area contributed by atoms with Crippen molar-refractivity contribution in [3.63, 3.8) is 0 Å². The molecule has 0 atom stereocenters. The van der Waals surface area contributed by atoms with Gasteiger partial charge in [-0.3, -0.25) is 4.72 Å². The van der Waals surface area contributed by atoms with E-state index in [-0.39, 0.29) is 24.2 Å². The van der Waals surface area contributed by atoms with Crippen molar-refractivity contribution in [3.8, 4) is 0 Å². The first-order valence-electron chi connectivity index (χ1n) is 7.61. The van der Waals surface area contributed by atoms with E-state index in [1.54, 1.807) is 26.8 Å². The number of sulfonamides is 2. The molecule has 144 valence electrons. The maximum atomic E-state index is 12.8. The lowest BCUT2D eigenvalue weighted by molar-refractivity contribution is 0.445. The molecule has 1 aromatic heterocycles. The van der Waals surface area contributed by atoms with Gasteiger partial charge in [0.1, 0.15) is 9.23 Å². The largest absolute Gasteiger partial charge is 0.280 e. The van der Waals surface area contributed by atoms with Crippen LogP contribution in [0, 0.1) is 6.92 Å². The van der Waals surface area contributed by atoms with Crippen LogP contribution in [0.4, 0.5) is 5.69 Å². The van der Waals surface area contributed by atoms with E-state index in [4.69, 9.17) is 23.2 Å². The lowest BCUT2D eigenvalue weighted by Gasteiger charge is -2.20. The van der Waals surface area contributed by atoms with Crippen LogP contribution in [0.3, 0.4) is 0 Å². The van der Waals surface area contributed by atoms with Gasteiger partial charge in [-0.2, -0.15) is 4.31 Å². The van der Waals surface area contributed by atoms with Crippen molar-refractivity contribution in [1.29, 1.82) is 0 Å². The van der Waals surface area contributed by atoms with Crippen LogP contribution in [0.25, 0.3) is 0 Å². The number of hydrogen-bond acceptors (Lipinski definition) is 5. The molecule has 11 heteroatoms. The number of halogens is 2. The van der Waals surface area contributed by atoms with Crippen molar-refractivity contribution in [3.05, 3.63) is 38.5 Å². The van der Waals surface area contributed by atoms with E-state index < -0.39 is 20.0 Å². The van der Waals surface area contributed by atoms with Crippen molar-refractivity contribution in [2.24, 2.45) is 0 Å². The van der Waals surface area contributed by atoms with E-state index in [1.807, 2.05) is 0 Å². The van der Waals surface area contributed by atoms with Crippen LogP contribution in [0.15, 0.2) is 34.1 Å². The topological polar surface area (TPSA) is 83.6 Å². The molecule has 2 rings (SSSR count). The van der Waals surface area contributed by atoms with Crippen LogP contribution in [0.5, 0.6) is 0 Å². The second-order valence-electron chi connectivity index (χ2n) is 5.36. The Labute approximate surface area is 167 Å². The van der Waals surface area contributed by atoms with Crippen LogP contribution in [-0.4, -0.2) is 34.2 Å². The van der Waals surface area contributed by atoms with Crippen molar-refractivity contribution in [2.45, 2.75) is 30.6 Å². The van der Waals surface area contributed by atoms with Crippen molar-refractivity contribution < 1.29 is 16.8 Å².